The molecule has 0 radical (unpaired) electrons. The second-order valence-corrected chi connectivity index (χ2v) is 8.21. The molecule has 2 aromatic carbocycles. The van der Waals surface area contributed by atoms with Gasteiger partial charge in [-0.05, 0) is 30.3 Å². The van der Waals surface area contributed by atoms with Crippen molar-refractivity contribution in [3.8, 4) is 11.4 Å². The van der Waals surface area contributed by atoms with E-state index in [4.69, 9.17) is 23.2 Å². The van der Waals surface area contributed by atoms with Crippen molar-refractivity contribution in [1.29, 1.82) is 0 Å². The van der Waals surface area contributed by atoms with E-state index >= 15 is 0 Å². The van der Waals surface area contributed by atoms with Crippen LogP contribution in [0.1, 0.15) is 11.1 Å². The number of aromatic nitrogens is 2. The van der Waals surface area contributed by atoms with Crippen molar-refractivity contribution in [3.05, 3.63) is 57.6 Å². The molecule has 6 rings (SSSR count). The highest BCUT2D eigenvalue weighted by Gasteiger charge is 2.72. The molecule has 2 amide bonds. The van der Waals surface area contributed by atoms with Gasteiger partial charge < -0.3 is 20.2 Å². The Morgan fingerprint density at radius 1 is 0.724 bits per heavy atom. The van der Waals surface area contributed by atoms with Gasteiger partial charge in [0.1, 0.15) is 0 Å². The number of H-pyrrole nitrogens is 2. The third kappa shape index (κ3) is 1.74. The molecule has 2 aromatic heterocycles. The smallest absolute Gasteiger partial charge is 0.267 e. The van der Waals surface area contributed by atoms with Crippen molar-refractivity contribution >= 4 is 56.8 Å². The average Bonchev–Trinajstić information content (AvgIpc) is 3.28. The Morgan fingerprint density at radius 2 is 1.28 bits per heavy atom. The summed E-state index contributed by atoms with van der Waals surface area (Å²) in [5.41, 5.74) is -2.95. The van der Waals surface area contributed by atoms with Crippen LogP contribution >= 0.6 is 23.2 Å². The molecule has 3 heterocycles. The van der Waals surface area contributed by atoms with Gasteiger partial charge in [-0.2, -0.15) is 0 Å². The molecule has 1 saturated heterocycles. The van der Waals surface area contributed by atoms with Gasteiger partial charge in [0.05, 0.1) is 11.4 Å². The van der Waals surface area contributed by atoms with Crippen molar-refractivity contribution in [3.63, 3.8) is 0 Å². The molecule has 0 bridgehead atoms. The highest BCUT2D eigenvalue weighted by molar-refractivity contribution is 6.32. The zero-order valence-corrected chi connectivity index (χ0v) is 15.9. The van der Waals surface area contributed by atoms with Crippen molar-refractivity contribution in [2.45, 2.75) is 11.2 Å². The van der Waals surface area contributed by atoms with Crippen LogP contribution in [-0.2, 0) is 20.8 Å². The number of carbonyl (C=O) groups excluding carboxylic acids is 2. The molecule has 1 aliphatic heterocycles. The third-order valence-electron chi connectivity index (χ3n) is 5.90. The van der Waals surface area contributed by atoms with E-state index in [-0.39, 0.29) is 11.1 Å². The van der Waals surface area contributed by atoms with Gasteiger partial charge in [0.25, 0.3) is 11.8 Å². The number of amides is 2. The van der Waals surface area contributed by atoms with E-state index in [1.165, 1.54) is 0 Å². The minimum absolute atomic E-state index is 0.0889. The lowest BCUT2D eigenvalue weighted by atomic mass is 9.69. The number of carbonyl (C=O) groups is 2. The fraction of sp³-hybridized carbons (Fsp3) is 0.100. The Labute approximate surface area is 172 Å². The zero-order chi connectivity index (χ0) is 20.3. The fourth-order valence-electron chi connectivity index (χ4n) is 4.66. The molecular weight excluding hydrogens is 417 g/mol. The molecule has 2 aliphatic rings. The van der Waals surface area contributed by atoms with Crippen LogP contribution in [0.25, 0.3) is 33.2 Å². The number of fused-ring (bicyclic) bond motifs is 10. The van der Waals surface area contributed by atoms with Gasteiger partial charge in [-0.15, -0.1) is 0 Å². The van der Waals surface area contributed by atoms with Crippen LogP contribution in [0.5, 0.6) is 0 Å². The van der Waals surface area contributed by atoms with Crippen LogP contribution in [-0.4, -0.2) is 32.0 Å². The molecule has 1 fully saturated rings. The van der Waals surface area contributed by atoms with Gasteiger partial charge in [0.15, 0.2) is 0 Å². The normalized spacial score (nSPS) is 25.2. The minimum atomic E-state index is -2.54. The number of aromatic amines is 2. The lowest BCUT2D eigenvalue weighted by Crippen LogP contribution is -2.54. The Bertz CT molecular complexity index is 1440. The van der Waals surface area contributed by atoms with Crippen LogP contribution < -0.4 is 5.32 Å². The van der Waals surface area contributed by atoms with Gasteiger partial charge in [-0.1, -0.05) is 29.3 Å². The van der Waals surface area contributed by atoms with Crippen LogP contribution in [0, 0.1) is 0 Å². The van der Waals surface area contributed by atoms with Crippen LogP contribution in [0.3, 0.4) is 0 Å². The largest absolute Gasteiger partial charge is 0.372 e. The van der Waals surface area contributed by atoms with Crippen molar-refractivity contribution < 1.29 is 19.8 Å². The summed E-state index contributed by atoms with van der Waals surface area (Å²) in [5, 5.41) is 27.1. The van der Waals surface area contributed by atoms with E-state index in [0.29, 0.717) is 43.2 Å². The summed E-state index contributed by atoms with van der Waals surface area (Å²) in [5.74, 6) is -2.00. The van der Waals surface area contributed by atoms with E-state index in [1.807, 2.05) is 0 Å². The topological polar surface area (TPSA) is 118 Å². The van der Waals surface area contributed by atoms with Gasteiger partial charge in [0, 0.05) is 43.0 Å². The van der Waals surface area contributed by atoms with Gasteiger partial charge in [-0.3, -0.25) is 14.9 Å². The number of aliphatic hydroxyl groups is 2. The molecule has 1 aliphatic carbocycles. The summed E-state index contributed by atoms with van der Waals surface area (Å²) in [7, 11) is 0. The number of hydrogen-bond acceptors (Lipinski definition) is 4. The molecule has 144 valence electrons. The number of rotatable bonds is 0. The second-order valence-electron chi connectivity index (χ2n) is 7.33. The lowest BCUT2D eigenvalue weighted by Gasteiger charge is -2.38. The van der Waals surface area contributed by atoms with Crippen LogP contribution in [0.2, 0.25) is 10.0 Å². The van der Waals surface area contributed by atoms with Gasteiger partial charge in [0.2, 0.25) is 11.2 Å². The van der Waals surface area contributed by atoms with Gasteiger partial charge >= 0.3 is 0 Å². The van der Waals surface area contributed by atoms with Crippen molar-refractivity contribution in [1.82, 2.24) is 15.3 Å². The maximum Gasteiger partial charge on any atom is 0.267 e. The molecule has 2 atom stereocenters. The summed E-state index contributed by atoms with van der Waals surface area (Å²) < 4.78 is 0. The Hall–Kier alpha value is -2.84. The van der Waals surface area contributed by atoms with E-state index in [9.17, 15) is 19.8 Å². The molecule has 4 aromatic rings. The first-order chi connectivity index (χ1) is 13.8. The standard InChI is InChI=1S/C20H11Cl2N3O4/c21-7-2-4-11-10(5-7)14-16(23-11)15-13(9-3-1-8(22)6-12(9)24-15)19(28)17(26)25-18(27)20(14,19)29/h1-6,23-24,28-29H,(H,25,26,27)/t19-,20+/m0/s1. The molecule has 5 N–H and O–H groups in total. The average molecular weight is 428 g/mol. The van der Waals surface area contributed by atoms with E-state index in [1.54, 1.807) is 36.4 Å². The fourth-order valence-corrected chi connectivity index (χ4v) is 5.01. The molecule has 0 saturated carbocycles. The Balaban J connectivity index is 1.88. The van der Waals surface area contributed by atoms with Gasteiger partial charge in [-0.25, -0.2) is 0 Å². The predicted molar refractivity (Wildman–Crippen MR) is 107 cm³/mol. The molecule has 0 unspecified atom stereocenters. The number of benzene rings is 2. The quantitative estimate of drug-likeness (QED) is 0.277. The van der Waals surface area contributed by atoms with Crippen LogP contribution in [0.15, 0.2) is 36.4 Å². The maximum absolute atomic E-state index is 12.8. The summed E-state index contributed by atoms with van der Waals surface area (Å²) in [6.07, 6.45) is 0. The first kappa shape index (κ1) is 17.1. The van der Waals surface area contributed by atoms with E-state index < -0.39 is 23.0 Å². The predicted octanol–water partition coefficient (Wildman–Crippen LogP) is 2.67. The summed E-state index contributed by atoms with van der Waals surface area (Å²) in [6, 6.07) is 9.82. The highest BCUT2D eigenvalue weighted by atomic mass is 35.5. The minimum Gasteiger partial charge on any atom is -0.372 e. The number of imide groups is 1. The molecule has 0 spiro atoms. The molecule has 7 nitrogen and oxygen atoms in total. The van der Waals surface area contributed by atoms with E-state index in [0.717, 1.165) is 0 Å². The zero-order valence-electron chi connectivity index (χ0n) is 14.4. The van der Waals surface area contributed by atoms with Crippen LogP contribution in [0.4, 0.5) is 0 Å². The first-order valence-electron chi connectivity index (χ1n) is 8.71. The highest BCUT2D eigenvalue weighted by Crippen LogP contribution is 2.58. The summed E-state index contributed by atoms with van der Waals surface area (Å²) in [6.45, 7) is 0. The monoisotopic (exact) mass is 427 g/mol. The third-order valence-corrected chi connectivity index (χ3v) is 6.37. The Morgan fingerprint density at radius 3 is 1.97 bits per heavy atom. The molecular formula is C20H11Cl2N3O4. The number of nitrogens with one attached hydrogen (secondary N) is 3. The summed E-state index contributed by atoms with van der Waals surface area (Å²) in [4.78, 5) is 32.0. The maximum atomic E-state index is 12.8. The summed E-state index contributed by atoms with van der Waals surface area (Å²) >= 11 is 12.2. The first-order valence-corrected chi connectivity index (χ1v) is 9.47. The Kier molecular flexibility index (Phi) is 2.94. The molecule has 9 heteroatoms. The van der Waals surface area contributed by atoms with Crippen molar-refractivity contribution in [2.75, 3.05) is 0 Å². The molecule has 29 heavy (non-hydrogen) atoms. The van der Waals surface area contributed by atoms with E-state index in [2.05, 4.69) is 15.3 Å². The van der Waals surface area contributed by atoms with Crippen molar-refractivity contribution in [2.24, 2.45) is 0 Å². The number of hydrogen-bond donors (Lipinski definition) is 5. The SMILES string of the molecule is O=C1NC(=O)[C@]2(O)c3c([nH]c4ccc(Cl)cc34)-c3[nH]c4cc(Cl)ccc4c3[C@]12O. The lowest BCUT2D eigenvalue weighted by molar-refractivity contribution is -0.172. The number of halogens is 2. The second kappa shape index (κ2) is 5.01.